The van der Waals surface area contributed by atoms with Crippen LogP contribution in [-0.4, -0.2) is 122 Å². The van der Waals surface area contributed by atoms with E-state index in [-0.39, 0.29) is 19.8 Å². The first-order chi connectivity index (χ1) is 19.3. The van der Waals surface area contributed by atoms with Gasteiger partial charge in [-0.25, -0.2) is 9.59 Å². The van der Waals surface area contributed by atoms with Crippen molar-refractivity contribution in [1.29, 1.82) is 0 Å². The molecule has 228 valence electrons. The smallest absolute Gasteiger partial charge is 0.379 e. The molecule has 12 nitrogen and oxygen atoms in total. The largest absolute Gasteiger partial charge is 0.458 e. The first-order valence-corrected chi connectivity index (χ1v) is 13.3. The molecule has 1 aromatic carbocycles. The fraction of sp³-hybridized carbons (Fsp3) is 0.679. The van der Waals surface area contributed by atoms with E-state index in [9.17, 15) is 14.4 Å². The number of hydrogen-bond donors (Lipinski definition) is 0. The molecule has 0 N–H and O–H groups in total. The predicted molar refractivity (Wildman–Crippen MR) is 143 cm³/mol. The Morgan fingerprint density at radius 3 is 1.32 bits per heavy atom. The van der Waals surface area contributed by atoms with Crippen LogP contribution in [0.3, 0.4) is 0 Å². The molecule has 1 aromatic rings. The molecule has 0 aliphatic carbocycles. The Morgan fingerprint density at radius 2 is 0.925 bits per heavy atom. The molecule has 0 spiro atoms. The van der Waals surface area contributed by atoms with Crippen molar-refractivity contribution in [3.63, 3.8) is 0 Å². The molecular weight excluding hydrogens is 528 g/mol. The zero-order valence-electron chi connectivity index (χ0n) is 23.9. The van der Waals surface area contributed by atoms with Crippen molar-refractivity contribution in [2.24, 2.45) is 0 Å². The maximum atomic E-state index is 11.9. The highest BCUT2D eigenvalue weighted by molar-refractivity contribution is 6.40. The number of carbonyl (C=O) groups excluding carboxylic acids is 3. The van der Waals surface area contributed by atoms with Gasteiger partial charge in [0.25, 0.3) is 5.78 Å². The molecule has 0 radical (unpaired) electrons. The Kier molecular flexibility index (Phi) is 20.7. The van der Waals surface area contributed by atoms with E-state index in [0.29, 0.717) is 84.8 Å². The molecule has 12 heteroatoms. The van der Waals surface area contributed by atoms with Crippen LogP contribution in [0.2, 0.25) is 0 Å². The third-order valence-electron chi connectivity index (χ3n) is 4.55. The number of hydrogen-bond acceptors (Lipinski definition) is 12. The Bertz CT molecular complexity index is 794. The monoisotopic (exact) mass is 572 g/mol. The first kappa shape index (κ1) is 35.6. The molecule has 0 saturated carbocycles. The van der Waals surface area contributed by atoms with Crippen molar-refractivity contribution in [2.75, 3.05) is 99.1 Å². The summed E-state index contributed by atoms with van der Waals surface area (Å²) in [5, 5.41) is 0. The van der Waals surface area contributed by atoms with Gasteiger partial charge in [0.05, 0.1) is 85.9 Å². The molecule has 0 unspecified atom stereocenters. The first-order valence-electron chi connectivity index (χ1n) is 13.3. The van der Waals surface area contributed by atoms with Gasteiger partial charge in [-0.3, -0.25) is 4.79 Å². The van der Waals surface area contributed by atoms with E-state index in [0.717, 1.165) is 0 Å². The van der Waals surface area contributed by atoms with Crippen molar-refractivity contribution in [2.45, 2.75) is 26.4 Å². The number of Topliss-reactive ketones (excluding diaryl/α,β-unsaturated/α-hetero) is 1. The van der Waals surface area contributed by atoms with Gasteiger partial charge in [-0.2, -0.15) is 0 Å². The van der Waals surface area contributed by atoms with Crippen LogP contribution >= 0.6 is 0 Å². The van der Waals surface area contributed by atoms with E-state index in [1.165, 1.54) is 0 Å². The van der Waals surface area contributed by atoms with E-state index < -0.39 is 23.3 Å². The van der Waals surface area contributed by atoms with Gasteiger partial charge < -0.3 is 42.6 Å². The van der Waals surface area contributed by atoms with E-state index in [1.54, 1.807) is 51.1 Å². The molecule has 0 saturated heterocycles. The van der Waals surface area contributed by atoms with Crippen molar-refractivity contribution in [1.82, 2.24) is 0 Å². The van der Waals surface area contributed by atoms with Crippen molar-refractivity contribution < 1.29 is 57.0 Å². The average molecular weight is 573 g/mol. The third kappa shape index (κ3) is 21.4. The number of rotatable bonds is 25. The van der Waals surface area contributed by atoms with Gasteiger partial charge in [0.1, 0.15) is 18.8 Å². The van der Waals surface area contributed by atoms with Gasteiger partial charge >= 0.3 is 11.9 Å². The molecule has 0 aromatic heterocycles. The van der Waals surface area contributed by atoms with Gasteiger partial charge in [0.15, 0.2) is 0 Å². The summed E-state index contributed by atoms with van der Waals surface area (Å²) < 4.78 is 47.5. The van der Waals surface area contributed by atoms with Crippen LogP contribution < -0.4 is 0 Å². The second-order valence-electron chi connectivity index (χ2n) is 9.14. The summed E-state index contributed by atoms with van der Waals surface area (Å²) in [6, 6.07) is 8.24. The summed E-state index contributed by atoms with van der Waals surface area (Å²) in [5.74, 6) is -1.98. The molecule has 40 heavy (non-hydrogen) atoms. The summed E-state index contributed by atoms with van der Waals surface area (Å²) in [4.78, 5) is 35.0. The van der Waals surface area contributed by atoms with Crippen LogP contribution in [-0.2, 0) is 52.2 Å². The lowest BCUT2D eigenvalue weighted by molar-refractivity contribution is -0.160. The number of esters is 2. The number of benzene rings is 1. The zero-order valence-corrected chi connectivity index (χ0v) is 23.9. The standard InChI is InChI=1S/C28H44O12/c1-28(2,3)40-25(29)23-38-20-19-36-16-15-34-12-11-32-9-10-33-13-14-35-17-18-37-21-22-39-27(31)26(30)24-7-5-4-6-8-24/h4-8H,9-23H2,1-3H3. The Balaban J connectivity index is 1.74. The van der Waals surface area contributed by atoms with Gasteiger partial charge in [-0.1, -0.05) is 30.3 Å². The molecule has 0 amide bonds. The number of ether oxygens (including phenoxy) is 9. The molecule has 0 atom stereocenters. The van der Waals surface area contributed by atoms with Gasteiger partial charge in [0.2, 0.25) is 0 Å². The highest BCUT2D eigenvalue weighted by atomic mass is 16.6. The van der Waals surface area contributed by atoms with Gasteiger partial charge in [-0.15, -0.1) is 0 Å². The van der Waals surface area contributed by atoms with Gasteiger partial charge in [0, 0.05) is 5.56 Å². The minimum Gasteiger partial charge on any atom is -0.458 e. The van der Waals surface area contributed by atoms with E-state index in [2.05, 4.69) is 0 Å². The fourth-order valence-corrected chi connectivity index (χ4v) is 2.81. The topological polar surface area (TPSA) is 134 Å². The van der Waals surface area contributed by atoms with Crippen LogP contribution in [0.25, 0.3) is 0 Å². The Labute approximate surface area is 236 Å². The van der Waals surface area contributed by atoms with E-state index in [1.807, 2.05) is 0 Å². The Hall–Kier alpha value is -2.45. The highest BCUT2D eigenvalue weighted by Gasteiger charge is 2.17. The lowest BCUT2D eigenvalue weighted by Gasteiger charge is -2.19. The summed E-state index contributed by atoms with van der Waals surface area (Å²) in [7, 11) is 0. The molecule has 0 aliphatic heterocycles. The van der Waals surface area contributed by atoms with Crippen LogP contribution in [0, 0.1) is 0 Å². The SMILES string of the molecule is CC(C)(C)OC(=O)COCCOCCOCCOCCOCCOCCOCCOC(=O)C(=O)c1ccccc1. The van der Waals surface area contributed by atoms with E-state index in [4.69, 9.17) is 42.6 Å². The quantitative estimate of drug-likeness (QED) is 0.0733. The summed E-state index contributed by atoms with van der Waals surface area (Å²) >= 11 is 0. The minimum atomic E-state index is -0.901. The predicted octanol–water partition coefficient (Wildman–Crippen LogP) is 1.87. The van der Waals surface area contributed by atoms with Crippen molar-refractivity contribution in [3.05, 3.63) is 35.9 Å². The zero-order chi connectivity index (χ0) is 29.3. The Morgan fingerprint density at radius 1 is 0.550 bits per heavy atom. The fourth-order valence-electron chi connectivity index (χ4n) is 2.81. The van der Waals surface area contributed by atoms with Crippen LogP contribution in [0.15, 0.2) is 30.3 Å². The van der Waals surface area contributed by atoms with Crippen LogP contribution in [0.5, 0.6) is 0 Å². The van der Waals surface area contributed by atoms with Crippen molar-refractivity contribution >= 4 is 17.7 Å². The molecule has 0 bridgehead atoms. The second kappa shape index (κ2) is 23.3. The molecule has 1 rings (SSSR count). The van der Waals surface area contributed by atoms with Crippen LogP contribution in [0.1, 0.15) is 31.1 Å². The second-order valence-corrected chi connectivity index (χ2v) is 9.14. The molecular formula is C28H44O12. The van der Waals surface area contributed by atoms with Crippen LogP contribution in [0.4, 0.5) is 0 Å². The molecule has 0 aliphatic rings. The lowest BCUT2D eigenvalue weighted by atomic mass is 10.1. The van der Waals surface area contributed by atoms with E-state index >= 15 is 0 Å². The summed E-state index contributed by atoms with van der Waals surface area (Å²) in [6.07, 6.45) is 0. The lowest BCUT2D eigenvalue weighted by Crippen LogP contribution is -2.27. The third-order valence-corrected chi connectivity index (χ3v) is 4.55. The summed E-state index contributed by atoms with van der Waals surface area (Å²) in [6.45, 7) is 10.4. The highest BCUT2D eigenvalue weighted by Crippen LogP contribution is 2.06. The molecule has 0 fully saturated rings. The number of carbonyl (C=O) groups is 3. The average Bonchev–Trinajstić information content (AvgIpc) is 2.92. The normalized spacial score (nSPS) is 11.4. The molecule has 0 heterocycles. The maximum Gasteiger partial charge on any atom is 0.379 e. The summed E-state index contributed by atoms with van der Waals surface area (Å²) in [5.41, 5.74) is -0.226. The maximum absolute atomic E-state index is 11.9. The van der Waals surface area contributed by atoms with Gasteiger partial charge in [-0.05, 0) is 20.8 Å². The number of ketones is 1. The van der Waals surface area contributed by atoms with Crippen molar-refractivity contribution in [3.8, 4) is 0 Å². The minimum absolute atomic E-state index is 0.00646.